The smallest absolute Gasteiger partial charge is 0.00218 e. The molecule has 0 unspecified atom stereocenters. The lowest BCUT2D eigenvalue weighted by atomic mass is 10.0. The molecule has 2 nitrogen and oxygen atoms in total. The molecule has 0 N–H and O–H groups in total. The van der Waals surface area contributed by atoms with Crippen molar-refractivity contribution >= 4 is 0 Å². The fourth-order valence-corrected chi connectivity index (χ4v) is 11.9. The largest absolute Gasteiger partial charge is 0.306 e. The summed E-state index contributed by atoms with van der Waals surface area (Å²) in [6.07, 6.45) is 93.6. The van der Waals surface area contributed by atoms with E-state index < -0.39 is 0 Å². The number of hydrogen-bond acceptors (Lipinski definition) is 2. The molecule has 2 heteroatoms. The molecule has 0 amide bonds. The van der Waals surface area contributed by atoms with Crippen molar-refractivity contribution in [2.75, 3.05) is 40.3 Å². The number of rotatable bonds is 68. The molecule has 0 aromatic carbocycles. The van der Waals surface area contributed by atoms with Crippen LogP contribution in [0.3, 0.4) is 0 Å². The zero-order chi connectivity index (χ0) is 55.2. The quantitative estimate of drug-likeness (QED) is 0.0560. The lowest BCUT2D eigenvalue weighted by molar-refractivity contribution is 0.314. The molecule has 0 rings (SSSR count). The van der Waals surface area contributed by atoms with Gasteiger partial charge in [-0.2, -0.15) is 0 Å². The van der Waals surface area contributed by atoms with Crippen LogP contribution in [0.4, 0.5) is 0 Å². The van der Waals surface area contributed by atoms with E-state index >= 15 is 0 Å². The van der Waals surface area contributed by atoms with E-state index in [-0.39, 0.29) is 0 Å². The van der Waals surface area contributed by atoms with Gasteiger partial charge < -0.3 is 9.80 Å². The van der Waals surface area contributed by atoms with Crippen LogP contribution in [0.2, 0.25) is 0 Å². The first-order valence-corrected chi connectivity index (χ1v) is 37.0. The van der Waals surface area contributed by atoms with Crippen LogP contribution in [0.5, 0.6) is 0 Å². The van der Waals surface area contributed by atoms with Crippen LogP contribution >= 0.6 is 0 Å². The van der Waals surface area contributed by atoms with Crippen molar-refractivity contribution in [3.05, 3.63) is 0 Å². The van der Waals surface area contributed by atoms with Gasteiger partial charge in [0.05, 0.1) is 0 Å². The van der Waals surface area contributed by atoms with E-state index in [0.29, 0.717) is 0 Å². The maximum absolute atomic E-state index is 2.59. The summed E-state index contributed by atoms with van der Waals surface area (Å²) in [5, 5.41) is 0. The normalized spacial score (nSPS) is 11.7. The lowest BCUT2D eigenvalue weighted by Gasteiger charge is -2.16. The summed E-state index contributed by atoms with van der Waals surface area (Å²) in [6, 6.07) is 0. The van der Waals surface area contributed by atoms with Crippen molar-refractivity contribution < 1.29 is 0 Å². The molecule has 0 saturated heterocycles. The fourth-order valence-electron chi connectivity index (χ4n) is 11.9. The molecular weight excluding hydrogens is 917 g/mol. The Morgan fingerprint density at radius 2 is 0.197 bits per heavy atom. The van der Waals surface area contributed by atoms with Crippen LogP contribution in [0.1, 0.15) is 439 Å². The van der Waals surface area contributed by atoms with Crippen LogP contribution in [-0.4, -0.2) is 50.1 Å². The van der Waals surface area contributed by atoms with E-state index in [1.54, 1.807) is 0 Å². The Kier molecular flexibility index (Phi) is 76.9. The van der Waals surface area contributed by atoms with Gasteiger partial charge in [-0.05, 0) is 66.0 Å². The molecule has 76 heavy (non-hydrogen) atoms. The standard InChI is InChI=1S/2C37H77N/c2*1-4-6-8-10-12-14-16-18-20-22-24-26-28-30-32-34-36-38(3)37-35-33-31-29-27-25-23-21-19-17-15-13-11-9-7-5-2/h2*4-37H2,1-3H3. The molecule has 0 fully saturated rings. The summed E-state index contributed by atoms with van der Waals surface area (Å²) in [6.45, 7) is 14.5. The SMILES string of the molecule is CCCCCCCCCCCCCCCCCCN(C)CCCCCCCCCCCCCCCCCC.CCCCCCCCCCCCCCCCCCN(C)CCCCCCCCCCCCCCCCCC. The first-order chi connectivity index (χ1) is 37.6. The molecular formula is C74H154N2. The van der Waals surface area contributed by atoms with E-state index in [0.717, 1.165) is 0 Å². The molecule has 0 heterocycles. The molecule has 460 valence electrons. The molecule has 0 aliphatic heterocycles. The van der Waals surface area contributed by atoms with Crippen molar-refractivity contribution in [2.24, 2.45) is 0 Å². The van der Waals surface area contributed by atoms with Gasteiger partial charge in [-0.3, -0.25) is 0 Å². The molecule has 0 aromatic heterocycles. The zero-order valence-corrected chi connectivity index (χ0v) is 55.0. The molecule has 0 aliphatic rings. The summed E-state index contributed by atoms with van der Waals surface area (Å²) in [4.78, 5) is 5.18. The summed E-state index contributed by atoms with van der Waals surface area (Å²) < 4.78 is 0. The molecule has 0 radical (unpaired) electrons. The van der Waals surface area contributed by atoms with Crippen LogP contribution in [0, 0.1) is 0 Å². The monoisotopic (exact) mass is 1070 g/mol. The van der Waals surface area contributed by atoms with Crippen molar-refractivity contribution in [3.8, 4) is 0 Å². The van der Waals surface area contributed by atoms with Crippen molar-refractivity contribution in [1.82, 2.24) is 9.80 Å². The second-order valence-electron chi connectivity index (χ2n) is 25.8. The van der Waals surface area contributed by atoms with E-state index in [9.17, 15) is 0 Å². The van der Waals surface area contributed by atoms with Crippen LogP contribution in [0.25, 0.3) is 0 Å². The van der Waals surface area contributed by atoms with Gasteiger partial charge in [0.15, 0.2) is 0 Å². The van der Waals surface area contributed by atoms with Gasteiger partial charge in [-0.25, -0.2) is 0 Å². The van der Waals surface area contributed by atoms with Gasteiger partial charge in [-0.1, -0.05) is 413 Å². The fraction of sp³-hybridized carbons (Fsp3) is 1.00. The molecule has 0 aliphatic carbocycles. The van der Waals surface area contributed by atoms with Crippen molar-refractivity contribution in [2.45, 2.75) is 439 Å². The highest BCUT2D eigenvalue weighted by atomic mass is 15.1. The molecule has 0 spiro atoms. The Balaban J connectivity index is 0. The zero-order valence-electron chi connectivity index (χ0n) is 55.0. The number of unbranched alkanes of at least 4 members (excludes halogenated alkanes) is 60. The molecule has 0 atom stereocenters. The van der Waals surface area contributed by atoms with Gasteiger partial charge in [0.25, 0.3) is 0 Å². The van der Waals surface area contributed by atoms with Gasteiger partial charge >= 0.3 is 0 Å². The van der Waals surface area contributed by atoms with Crippen LogP contribution in [-0.2, 0) is 0 Å². The average molecular weight is 1070 g/mol. The van der Waals surface area contributed by atoms with Gasteiger partial charge in [0.1, 0.15) is 0 Å². The lowest BCUT2D eigenvalue weighted by Crippen LogP contribution is -2.20. The Morgan fingerprint density at radius 1 is 0.118 bits per heavy atom. The average Bonchev–Trinajstić information content (AvgIpc) is 3.42. The highest BCUT2D eigenvalue weighted by Crippen LogP contribution is 2.19. The van der Waals surface area contributed by atoms with E-state index in [1.165, 1.54) is 437 Å². The van der Waals surface area contributed by atoms with E-state index in [2.05, 4.69) is 51.6 Å². The van der Waals surface area contributed by atoms with E-state index in [1.807, 2.05) is 0 Å². The summed E-state index contributed by atoms with van der Waals surface area (Å²) in [5.74, 6) is 0. The summed E-state index contributed by atoms with van der Waals surface area (Å²) in [7, 11) is 4.69. The number of nitrogens with zero attached hydrogens (tertiary/aromatic N) is 2. The molecule has 0 aromatic rings. The minimum atomic E-state index is 1.32. The summed E-state index contributed by atoms with van der Waals surface area (Å²) >= 11 is 0. The Morgan fingerprint density at radius 3 is 0.289 bits per heavy atom. The second-order valence-corrected chi connectivity index (χ2v) is 25.8. The topological polar surface area (TPSA) is 6.48 Å². The highest BCUT2D eigenvalue weighted by Gasteiger charge is 2.03. The minimum Gasteiger partial charge on any atom is -0.306 e. The maximum Gasteiger partial charge on any atom is -0.00218 e. The first-order valence-electron chi connectivity index (χ1n) is 37.0. The third-order valence-corrected chi connectivity index (χ3v) is 17.6. The predicted octanol–water partition coefficient (Wildman–Crippen LogP) is 26.9. The summed E-state index contributed by atoms with van der Waals surface area (Å²) in [5.41, 5.74) is 0. The first kappa shape index (κ1) is 78.0. The third kappa shape index (κ3) is 76.0. The van der Waals surface area contributed by atoms with E-state index in [4.69, 9.17) is 0 Å². The van der Waals surface area contributed by atoms with Gasteiger partial charge in [-0.15, -0.1) is 0 Å². The predicted molar refractivity (Wildman–Crippen MR) is 353 cm³/mol. The molecule has 0 saturated carbocycles. The Bertz CT molecular complexity index is 786. The van der Waals surface area contributed by atoms with Gasteiger partial charge in [0.2, 0.25) is 0 Å². The number of hydrogen-bond donors (Lipinski definition) is 0. The molecule has 0 bridgehead atoms. The highest BCUT2D eigenvalue weighted by molar-refractivity contribution is 4.59. The Labute approximate surface area is 486 Å². The van der Waals surface area contributed by atoms with Crippen molar-refractivity contribution in [3.63, 3.8) is 0 Å². The Hall–Kier alpha value is -0.0800. The van der Waals surface area contributed by atoms with Crippen molar-refractivity contribution in [1.29, 1.82) is 0 Å². The van der Waals surface area contributed by atoms with Gasteiger partial charge in [0, 0.05) is 0 Å². The third-order valence-electron chi connectivity index (χ3n) is 17.6. The maximum atomic E-state index is 2.59. The van der Waals surface area contributed by atoms with Crippen LogP contribution < -0.4 is 0 Å². The second kappa shape index (κ2) is 74.9. The minimum absolute atomic E-state index is 1.32. The van der Waals surface area contributed by atoms with Crippen LogP contribution in [0.15, 0.2) is 0 Å².